The molecule has 3 atom stereocenters. The highest BCUT2D eigenvalue weighted by molar-refractivity contribution is 6.00. The number of likely N-dealkylation sites (N-methyl/N-ethyl adjacent to an activating group) is 1. The maximum absolute atomic E-state index is 13.5. The number of fused-ring (bicyclic) bond motifs is 1. The summed E-state index contributed by atoms with van der Waals surface area (Å²) in [5.41, 5.74) is 1.13. The van der Waals surface area contributed by atoms with Crippen LogP contribution in [0.3, 0.4) is 0 Å². The standard InChI is InChI=1S/C29H45N3O4/c1-20-16-32(17-22-9-6-5-7-10-22)21(2)19-36-26-14-13-24(30-28(33)23-11-8-12-23)15-25(26)29(34)31(3)18-27(20)35-4/h13-15,20-23,27H,5-12,16-19H2,1-4H3,(H,30,33)/t20-,21+,27+/m0/s1. The predicted octanol–water partition coefficient (Wildman–Crippen LogP) is 4.81. The van der Waals surface area contributed by atoms with Gasteiger partial charge >= 0.3 is 0 Å². The molecular weight excluding hydrogens is 454 g/mol. The van der Waals surface area contributed by atoms with E-state index in [0.717, 1.165) is 38.3 Å². The van der Waals surface area contributed by atoms with Crippen molar-refractivity contribution in [1.82, 2.24) is 9.80 Å². The summed E-state index contributed by atoms with van der Waals surface area (Å²) >= 11 is 0. The monoisotopic (exact) mass is 499 g/mol. The summed E-state index contributed by atoms with van der Waals surface area (Å²) in [5, 5.41) is 3.01. The van der Waals surface area contributed by atoms with Crippen LogP contribution < -0.4 is 10.1 Å². The molecule has 0 bridgehead atoms. The highest BCUT2D eigenvalue weighted by atomic mass is 16.5. The minimum atomic E-state index is -0.119. The van der Waals surface area contributed by atoms with Crippen molar-refractivity contribution in [2.75, 3.05) is 45.7 Å². The molecule has 200 valence electrons. The molecule has 0 spiro atoms. The molecule has 2 saturated carbocycles. The smallest absolute Gasteiger partial charge is 0.257 e. The number of rotatable bonds is 5. The van der Waals surface area contributed by atoms with Crippen molar-refractivity contribution in [2.45, 2.75) is 77.4 Å². The van der Waals surface area contributed by atoms with Gasteiger partial charge in [0.1, 0.15) is 12.4 Å². The average Bonchev–Trinajstić information content (AvgIpc) is 2.84. The second-order valence-electron chi connectivity index (χ2n) is 11.4. The van der Waals surface area contributed by atoms with Crippen molar-refractivity contribution in [3.63, 3.8) is 0 Å². The van der Waals surface area contributed by atoms with Crippen molar-refractivity contribution in [3.05, 3.63) is 23.8 Å². The van der Waals surface area contributed by atoms with Gasteiger partial charge in [0.25, 0.3) is 5.91 Å². The van der Waals surface area contributed by atoms with E-state index in [2.05, 4.69) is 24.1 Å². The van der Waals surface area contributed by atoms with Crippen LogP contribution in [0, 0.1) is 17.8 Å². The number of ether oxygens (including phenoxy) is 2. The largest absolute Gasteiger partial charge is 0.491 e. The molecule has 0 unspecified atom stereocenters. The molecular formula is C29H45N3O4. The van der Waals surface area contributed by atoms with E-state index in [1.165, 1.54) is 32.1 Å². The average molecular weight is 500 g/mol. The molecule has 1 aromatic carbocycles. The summed E-state index contributed by atoms with van der Waals surface area (Å²) in [6.45, 7) is 7.46. The zero-order valence-corrected chi connectivity index (χ0v) is 22.6. The molecule has 1 heterocycles. The topological polar surface area (TPSA) is 71.1 Å². The SMILES string of the molecule is CO[C@@H]1CN(C)C(=O)c2cc(NC(=O)C3CCC3)ccc2OC[C@@H](C)N(CC2CCCCC2)C[C@@H]1C. The van der Waals surface area contributed by atoms with Crippen LogP contribution in [0.5, 0.6) is 5.75 Å². The quantitative estimate of drug-likeness (QED) is 0.630. The maximum Gasteiger partial charge on any atom is 0.257 e. The Hall–Kier alpha value is -2.12. The zero-order valence-electron chi connectivity index (χ0n) is 22.6. The van der Waals surface area contributed by atoms with Crippen LogP contribution in [0.4, 0.5) is 5.69 Å². The minimum Gasteiger partial charge on any atom is -0.491 e. The first-order valence-electron chi connectivity index (χ1n) is 14.0. The normalized spacial score (nSPS) is 27.3. The van der Waals surface area contributed by atoms with Gasteiger partial charge < -0.3 is 19.7 Å². The highest BCUT2D eigenvalue weighted by Gasteiger charge is 2.30. The third-order valence-corrected chi connectivity index (χ3v) is 8.53. The molecule has 0 radical (unpaired) electrons. The molecule has 7 heteroatoms. The fourth-order valence-electron chi connectivity index (χ4n) is 5.80. The number of hydrogen-bond donors (Lipinski definition) is 1. The number of benzene rings is 1. The molecule has 2 amide bonds. The van der Waals surface area contributed by atoms with Gasteiger partial charge in [0.2, 0.25) is 5.91 Å². The summed E-state index contributed by atoms with van der Waals surface area (Å²) in [4.78, 5) is 30.3. The van der Waals surface area contributed by atoms with Crippen LogP contribution in [0.25, 0.3) is 0 Å². The van der Waals surface area contributed by atoms with Gasteiger partial charge in [-0.1, -0.05) is 32.6 Å². The zero-order chi connectivity index (χ0) is 25.7. The van der Waals surface area contributed by atoms with E-state index in [1.54, 1.807) is 18.1 Å². The van der Waals surface area contributed by atoms with Crippen LogP contribution in [-0.2, 0) is 9.53 Å². The van der Waals surface area contributed by atoms with Crippen molar-refractivity contribution in [3.8, 4) is 5.75 Å². The second kappa shape index (κ2) is 12.4. The van der Waals surface area contributed by atoms with Crippen molar-refractivity contribution in [1.29, 1.82) is 0 Å². The molecule has 4 rings (SSSR count). The molecule has 0 aromatic heterocycles. The minimum absolute atomic E-state index is 0.0383. The molecule has 36 heavy (non-hydrogen) atoms. The van der Waals surface area contributed by atoms with Gasteiger partial charge in [-0.15, -0.1) is 0 Å². The highest BCUT2D eigenvalue weighted by Crippen LogP contribution is 2.31. The number of nitrogens with zero attached hydrogens (tertiary/aromatic N) is 2. The van der Waals surface area contributed by atoms with E-state index >= 15 is 0 Å². The van der Waals surface area contributed by atoms with E-state index in [4.69, 9.17) is 9.47 Å². The predicted molar refractivity (Wildman–Crippen MR) is 142 cm³/mol. The fraction of sp³-hybridized carbons (Fsp3) is 0.724. The number of methoxy groups -OCH3 is 1. The Bertz CT molecular complexity index is 897. The Balaban J connectivity index is 1.57. The Morgan fingerprint density at radius 3 is 2.50 bits per heavy atom. The van der Waals surface area contributed by atoms with Crippen LogP contribution in [0.2, 0.25) is 0 Å². The molecule has 1 aromatic rings. The summed E-state index contributed by atoms with van der Waals surface area (Å²) in [6, 6.07) is 5.66. The molecule has 2 fully saturated rings. The van der Waals surface area contributed by atoms with Crippen LogP contribution in [-0.4, -0.2) is 74.2 Å². The number of carbonyl (C=O) groups is 2. The first kappa shape index (κ1) is 26.9. The second-order valence-corrected chi connectivity index (χ2v) is 11.4. The molecule has 0 saturated heterocycles. The summed E-state index contributed by atoms with van der Waals surface area (Å²) in [7, 11) is 3.56. The Labute approximate surface area is 216 Å². The summed E-state index contributed by atoms with van der Waals surface area (Å²) in [6.07, 6.45) is 9.56. The third kappa shape index (κ3) is 6.60. The number of amides is 2. The number of anilines is 1. The maximum atomic E-state index is 13.5. The van der Waals surface area contributed by atoms with Gasteiger partial charge in [-0.25, -0.2) is 0 Å². The van der Waals surface area contributed by atoms with E-state index < -0.39 is 0 Å². The van der Waals surface area contributed by atoms with Crippen molar-refractivity contribution < 1.29 is 19.1 Å². The van der Waals surface area contributed by atoms with Gasteiger partial charge in [0, 0.05) is 51.4 Å². The molecule has 1 N–H and O–H groups in total. The molecule has 7 nitrogen and oxygen atoms in total. The molecule has 1 aliphatic heterocycles. The lowest BCUT2D eigenvalue weighted by Gasteiger charge is -2.38. The first-order chi connectivity index (χ1) is 17.4. The van der Waals surface area contributed by atoms with E-state index in [9.17, 15) is 9.59 Å². The lowest BCUT2D eigenvalue weighted by Crippen LogP contribution is -2.48. The van der Waals surface area contributed by atoms with Crippen LogP contribution in [0.1, 0.15) is 75.6 Å². The van der Waals surface area contributed by atoms with Crippen molar-refractivity contribution in [2.24, 2.45) is 17.8 Å². The molecule has 2 aliphatic carbocycles. The lowest BCUT2D eigenvalue weighted by atomic mass is 9.85. The number of nitrogens with one attached hydrogen (secondary N) is 1. The van der Waals surface area contributed by atoms with Crippen LogP contribution in [0.15, 0.2) is 18.2 Å². The van der Waals surface area contributed by atoms with E-state index in [1.807, 2.05) is 19.2 Å². The van der Waals surface area contributed by atoms with Gasteiger partial charge in [-0.3, -0.25) is 14.5 Å². The first-order valence-corrected chi connectivity index (χ1v) is 14.0. The number of hydrogen-bond acceptors (Lipinski definition) is 5. The van der Waals surface area contributed by atoms with E-state index in [0.29, 0.717) is 30.2 Å². The van der Waals surface area contributed by atoms with Gasteiger partial charge in [-0.05, 0) is 62.6 Å². The van der Waals surface area contributed by atoms with Gasteiger partial charge in [0.15, 0.2) is 0 Å². The van der Waals surface area contributed by atoms with Crippen molar-refractivity contribution >= 4 is 17.5 Å². The lowest BCUT2D eigenvalue weighted by molar-refractivity contribution is -0.122. The summed E-state index contributed by atoms with van der Waals surface area (Å²) in [5.74, 6) is 1.58. The molecule has 3 aliphatic rings. The van der Waals surface area contributed by atoms with Crippen LogP contribution >= 0.6 is 0 Å². The van der Waals surface area contributed by atoms with E-state index in [-0.39, 0.29) is 35.8 Å². The fourth-order valence-corrected chi connectivity index (χ4v) is 5.80. The Kier molecular flexibility index (Phi) is 9.29. The van der Waals surface area contributed by atoms with Gasteiger partial charge in [0.05, 0.1) is 11.7 Å². The Morgan fingerprint density at radius 2 is 1.83 bits per heavy atom. The summed E-state index contributed by atoms with van der Waals surface area (Å²) < 4.78 is 12.2. The Morgan fingerprint density at radius 1 is 1.08 bits per heavy atom. The third-order valence-electron chi connectivity index (χ3n) is 8.53. The van der Waals surface area contributed by atoms with Gasteiger partial charge in [-0.2, -0.15) is 0 Å². The number of carbonyl (C=O) groups excluding carboxylic acids is 2.